The van der Waals surface area contributed by atoms with Gasteiger partial charge in [0.15, 0.2) is 11.6 Å². The molecule has 0 aliphatic carbocycles. The van der Waals surface area contributed by atoms with Crippen LogP contribution in [0.2, 0.25) is 0 Å². The van der Waals surface area contributed by atoms with Crippen molar-refractivity contribution in [1.29, 1.82) is 0 Å². The predicted octanol–water partition coefficient (Wildman–Crippen LogP) is 0.946. The summed E-state index contributed by atoms with van der Waals surface area (Å²) in [5.74, 6) is -0.332. The van der Waals surface area contributed by atoms with E-state index in [9.17, 15) is 4.39 Å². The molecule has 0 unspecified atom stereocenters. The maximum atomic E-state index is 13.7. The highest BCUT2D eigenvalue weighted by Gasteiger charge is 2.11. The van der Waals surface area contributed by atoms with Gasteiger partial charge in [-0.3, -0.25) is 0 Å². The van der Waals surface area contributed by atoms with E-state index in [2.05, 4.69) is 15.1 Å². The van der Waals surface area contributed by atoms with Crippen molar-refractivity contribution in [2.75, 3.05) is 5.73 Å². The van der Waals surface area contributed by atoms with E-state index in [0.717, 1.165) is 0 Å². The van der Waals surface area contributed by atoms with Crippen molar-refractivity contribution in [2.24, 2.45) is 0 Å². The molecule has 2 N–H and O–H groups in total. The number of nitrogens with zero attached hydrogens (tertiary/aromatic N) is 4. The number of hydrogen-bond donors (Lipinski definition) is 1. The number of hydrogen-bond acceptors (Lipinski definition) is 4. The third kappa shape index (κ3) is 1.65. The smallest absolute Gasteiger partial charge is 0.193 e. The summed E-state index contributed by atoms with van der Waals surface area (Å²) in [4.78, 5) is 7.66. The van der Waals surface area contributed by atoms with Crippen molar-refractivity contribution in [3.8, 4) is 5.82 Å². The van der Waals surface area contributed by atoms with Crippen molar-refractivity contribution < 1.29 is 4.39 Å². The van der Waals surface area contributed by atoms with Gasteiger partial charge in [0.1, 0.15) is 6.33 Å². The summed E-state index contributed by atoms with van der Waals surface area (Å²) >= 11 is 0. The van der Waals surface area contributed by atoms with Gasteiger partial charge in [0, 0.05) is 0 Å². The fourth-order valence-corrected chi connectivity index (χ4v) is 1.25. The molecule has 0 saturated heterocycles. The van der Waals surface area contributed by atoms with E-state index in [1.807, 2.05) is 6.92 Å². The van der Waals surface area contributed by atoms with E-state index in [4.69, 9.17) is 5.73 Å². The van der Waals surface area contributed by atoms with Crippen molar-refractivity contribution in [2.45, 2.75) is 13.3 Å². The van der Waals surface area contributed by atoms with Crippen LogP contribution in [0.25, 0.3) is 5.82 Å². The van der Waals surface area contributed by atoms with Crippen LogP contribution < -0.4 is 5.73 Å². The van der Waals surface area contributed by atoms with Crippen LogP contribution in [0.15, 0.2) is 18.7 Å². The van der Waals surface area contributed by atoms with Crippen LogP contribution in [0, 0.1) is 5.82 Å². The van der Waals surface area contributed by atoms with E-state index in [0.29, 0.717) is 17.8 Å². The van der Waals surface area contributed by atoms with E-state index in [1.165, 1.54) is 23.4 Å². The van der Waals surface area contributed by atoms with Gasteiger partial charge in [-0.05, 0) is 6.42 Å². The molecule has 2 rings (SSSR count). The number of anilines is 1. The van der Waals surface area contributed by atoms with Crippen LogP contribution in [0.4, 0.5) is 10.1 Å². The van der Waals surface area contributed by atoms with Crippen molar-refractivity contribution in [3.63, 3.8) is 0 Å². The Labute approximate surface area is 85.8 Å². The summed E-state index contributed by atoms with van der Waals surface area (Å²) in [6.07, 6.45) is 4.77. The highest BCUT2D eigenvalue weighted by molar-refractivity contribution is 5.35. The van der Waals surface area contributed by atoms with Gasteiger partial charge in [-0.15, -0.1) is 0 Å². The molecule has 2 heterocycles. The molecule has 6 heteroatoms. The van der Waals surface area contributed by atoms with Crippen molar-refractivity contribution >= 4 is 5.69 Å². The molecule has 0 saturated carbocycles. The minimum absolute atomic E-state index is 0.124. The molecular formula is C9H10FN5. The SMILES string of the molecule is CCc1ncnc(-n2cc(N)cn2)c1F. The lowest BCUT2D eigenvalue weighted by atomic mass is 10.3. The number of halogens is 1. The molecule has 78 valence electrons. The summed E-state index contributed by atoms with van der Waals surface area (Å²) in [7, 11) is 0. The molecule has 0 atom stereocenters. The topological polar surface area (TPSA) is 69.6 Å². The zero-order chi connectivity index (χ0) is 10.8. The Balaban J connectivity index is 2.53. The third-order valence-electron chi connectivity index (χ3n) is 2.00. The average Bonchev–Trinajstić information content (AvgIpc) is 2.65. The molecule has 5 nitrogen and oxygen atoms in total. The van der Waals surface area contributed by atoms with Gasteiger partial charge < -0.3 is 5.73 Å². The Hall–Kier alpha value is -1.98. The Kier molecular flexibility index (Phi) is 2.32. The lowest BCUT2D eigenvalue weighted by Crippen LogP contribution is -2.06. The fourth-order valence-electron chi connectivity index (χ4n) is 1.25. The number of aromatic nitrogens is 4. The molecule has 0 aliphatic heterocycles. The van der Waals surface area contributed by atoms with Gasteiger partial charge in [0.05, 0.1) is 23.8 Å². The molecule has 0 fully saturated rings. The number of aryl methyl sites for hydroxylation is 1. The number of rotatable bonds is 2. The zero-order valence-electron chi connectivity index (χ0n) is 8.18. The Morgan fingerprint density at radius 3 is 2.87 bits per heavy atom. The van der Waals surface area contributed by atoms with Gasteiger partial charge in [-0.2, -0.15) is 5.10 Å². The van der Waals surface area contributed by atoms with Gasteiger partial charge >= 0.3 is 0 Å². The Morgan fingerprint density at radius 2 is 2.27 bits per heavy atom. The van der Waals surface area contributed by atoms with Gasteiger partial charge in [0.2, 0.25) is 0 Å². The molecule has 15 heavy (non-hydrogen) atoms. The van der Waals surface area contributed by atoms with E-state index >= 15 is 0 Å². The van der Waals surface area contributed by atoms with E-state index in [-0.39, 0.29) is 5.82 Å². The molecule has 2 aromatic heterocycles. The lowest BCUT2D eigenvalue weighted by molar-refractivity contribution is 0.574. The normalized spacial score (nSPS) is 10.5. The maximum absolute atomic E-state index is 13.7. The second-order valence-corrected chi connectivity index (χ2v) is 3.03. The first kappa shape index (κ1) is 9.57. The molecule has 0 radical (unpaired) electrons. The Bertz CT molecular complexity index is 479. The quantitative estimate of drug-likeness (QED) is 0.795. The van der Waals surface area contributed by atoms with Crippen LogP contribution >= 0.6 is 0 Å². The standard InChI is InChI=1S/C9H10FN5/c1-2-7-8(10)9(13-5-12-7)15-4-6(11)3-14-15/h3-5H,2,11H2,1H3. The molecule has 2 aromatic rings. The third-order valence-corrected chi connectivity index (χ3v) is 2.00. The minimum Gasteiger partial charge on any atom is -0.396 e. The largest absolute Gasteiger partial charge is 0.396 e. The minimum atomic E-state index is -0.455. The molecule has 0 aromatic carbocycles. The fraction of sp³-hybridized carbons (Fsp3) is 0.222. The van der Waals surface area contributed by atoms with E-state index < -0.39 is 5.82 Å². The average molecular weight is 207 g/mol. The van der Waals surface area contributed by atoms with Crippen molar-refractivity contribution in [3.05, 3.63) is 30.2 Å². The highest BCUT2D eigenvalue weighted by Crippen LogP contribution is 2.13. The number of nitrogens with two attached hydrogens (primary N) is 1. The molecule has 0 spiro atoms. The van der Waals surface area contributed by atoms with Crippen LogP contribution in [0.3, 0.4) is 0 Å². The van der Waals surface area contributed by atoms with Crippen molar-refractivity contribution in [1.82, 2.24) is 19.7 Å². The predicted molar refractivity (Wildman–Crippen MR) is 52.9 cm³/mol. The molecule has 0 aliphatic rings. The summed E-state index contributed by atoms with van der Waals surface area (Å²) in [5.41, 5.74) is 6.32. The monoisotopic (exact) mass is 207 g/mol. The molecule has 0 amide bonds. The van der Waals surface area contributed by atoms with Gasteiger partial charge in [-0.25, -0.2) is 19.0 Å². The maximum Gasteiger partial charge on any atom is 0.193 e. The second-order valence-electron chi connectivity index (χ2n) is 3.03. The van der Waals surface area contributed by atoms with Crippen LogP contribution in [0.5, 0.6) is 0 Å². The highest BCUT2D eigenvalue weighted by atomic mass is 19.1. The summed E-state index contributed by atoms with van der Waals surface area (Å²) in [6, 6.07) is 0. The van der Waals surface area contributed by atoms with Gasteiger partial charge in [0.25, 0.3) is 0 Å². The summed E-state index contributed by atoms with van der Waals surface area (Å²) < 4.78 is 15.0. The first-order chi connectivity index (χ1) is 7.22. The van der Waals surface area contributed by atoms with Crippen LogP contribution in [-0.4, -0.2) is 19.7 Å². The van der Waals surface area contributed by atoms with Gasteiger partial charge in [-0.1, -0.05) is 6.92 Å². The zero-order valence-corrected chi connectivity index (χ0v) is 8.18. The van der Waals surface area contributed by atoms with Crippen LogP contribution in [0.1, 0.15) is 12.6 Å². The first-order valence-electron chi connectivity index (χ1n) is 4.52. The first-order valence-corrected chi connectivity index (χ1v) is 4.52. The molecular weight excluding hydrogens is 197 g/mol. The summed E-state index contributed by atoms with van der Waals surface area (Å²) in [6.45, 7) is 1.83. The second kappa shape index (κ2) is 3.64. The van der Waals surface area contributed by atoms with Crippen LogP contribution in [-0.2, 0) is 6.42 Å². The Morgan fingerprint density at radius 1 is 1.47 bits per heavy atom. The number of nitrogen functional groups attached to an aromatic ring is 1. The van der Waals surface area contributed by atoms with E-state index in [1.54, 1.807) is 0 Å². The lowest BCUT2D eigenvalue weighted by Gasteiger charge is -2.03. The summed E-state index contributed by atoms with van der Waals surface area (Å²) in [5, 5.41) is 3.88. The molecule has 0 bridgehead atoms.